The van der Waals surface area contributed by atoms with Crippen molar-refractivity contribution >= 4 is 17.5 Å². The number of para-hydroxylation sites is 1. The summed E-state index contributed by atoms with van der Waals surface area (Å²) in [6.07, 6.45) is 1.57. The normalized spacial score (nSPS) is 10.4. The lowest BCUT2D eigenvalue weighted by Crippen LogP contribution is -2.41. The Balaban J connectivity index is 1.58. The molecule has 3 aromatic carbocycles. The molecule has 0 saturated heterocycles. The molecule has 4 rings (SSSR count). The van der Waals surface area contributed by atoms with Crippen LogP contribution in [0.4, 0.5) is 5.69 Å². The summed E-state index contributed by atoms with van der Waals surface area (Å²) in [5.41, 5.74) is 6.40. The average molecular weight is 457 g/mol. The molecule has 2 amide bonds. The van der Waals surface area contributed by atoms with E-state index in [0.717, 1.165) is 17.3 Å². The largest absolute Gasteiger partial charge is 0.490 e. The molecule has 4 aromatic rings. The SMILES string of the molecule is COc1ccc(C(=O)NNC(=O)c2cn(-c3ccccc3)nc2-c2ccccc2)cc1[N+](=O)[O-]. The fourth-order valence-corrected chi connectivity index (χ4v) is 3.29. The van der Waals surface area contributed by atoms with Crippen molar-refractivity contribution in [3.05, 3.63) is 106 Å². The van der Waals surface area contributed by atoms with Crippen LogP contribution in [0, 0.1) is 10.1 Å². The van der Waals surface area contributed by atoms with E-state index >= 15 is 0 Å². The van der Waals surface area contributed by atoms with Gasteiger partial charge in [-0.2, -0.15) is 5.10 Å². The average Bonchev–Trinajstić information content (AvgIpc) is 3.33. The lowest BCUT2D eigenvalue weighted by Gasteiger charge is -2.08. The zero-order valence-corrected chi connectivity index (χ0v) is 18.0. The third-order valence-corrected chi connectivity index (χ3v) is 4.95. The fourth-order valence-electron chi connectivity index (χ4n) is 3.29. The third-order valence-electron chi connectivity index (χ3n) is 4.95. The number of nitrogens with one attached hydrogen (secondary N) is 2. The lowest BCUT2D eigenvalue weighted by atomic mass is 10.1. The van der Waals surface area contributed by atoms with Crippen LogP contribution in [0.15, 0.2) is 85.1 Å². The highest BCUT2D eigenvalue weighted by atomic mass is 16.6. The van der Waals surface area contributed by atoms with E-state index < -0.39 is 16.7 Å². The predicted octanol–water partition coefficient (Wildman–Crippen LogP) is 3.53. The second-order valence-electron chi connectivity index (χ2n) is 7.09. The van der Waals surface area contributed by atoms with E-state index in [2.05, 4.69) is 16.0 Å². The molecule has 0 radical (unpaired) electrons. The molecular weight excluding hydrogens is 438 g/mol. The molecule has 0 bridgehead atoms. The number of hydrazine groups is 1. The van der Waals surface area contributed by atoms with Gasteiger partial charge in [0.15, 0.2) is 5.75 Å². The Morgan fingerprint density at radius 1 is 0.941 bits per heavy atom. The molecular formula is C24H19N5O5. The first-order valence-corrected chi connectivity index (χ1v) is 10.1. The van der Waals surface area contributed by atoms with Gasteiger partial charge in [0.1, 0.15) is 5.69 Å². The number of nitro benzene ring substituents is 1. The molecule has 10 nitrogen and oxygen atoms in total. The van der Waals surface area contributed by atoms with E-state index in [1.807, 2.05) is 60.7 Å². The van der Waals surface area contributed by atoms with Gasteiger partial charge in [-0.05, 0) is 24.3 Å². The van der Waals surface area contributed by atoms with Crippen molar-refractivity contribution in [3.63, 3.8) is 0 Å². The van der Waals surface area contributed by atoms with Gasteiger partial charge in [-0.1, -0.05) is 48.5 Å². The number of carbonyl (C=O) groups is 2. The molecule has 0 aliphatic rings. The van der Waals surface area contributed by atoms with Gasteiger partial charge in [-0.25, -0.2) is 4.68 Å². The summed E-state index contributed by atoms with van der Waals surface area (Å²) in [6, 6.07) is 22.2. The maximum atomic E-state index is 13.0. The number of ether oxygens (including phenoxy) is 1. The number of amides is 2. The van der Waals surface area contributed by atoms with E-state index in [9.17, 15) is 19.7 Å². The second kappa shape index (κ2) is 9.65. The highest BCUT2D eigenvalue weighted by Gasteiger charge is 2.21. The van der Waals surface area contributed by atoms with Gasteiger partial charge in [0.25, 0.3) is 11.8 Å². The molecule has 1 heterocycles. The minimum absolute atomic E-state index is 0.0175. The minimum Gasteiger partial charge on any atom is -0.490 e. The van der Waals surface area contributed by atoms with Crippen LogP contribution in [0.5, 0.6) is 5.75 Å². The number of aromatic nitrogens is 2. The van der Waals surface area contributed by atoms with E-state index in [1.54, 1.807) is 10.9 Å². The Morgan fingerprint density at radius 3 is 2.24 bits per heavy atom. The summed E-state index contributed by atoms with van der Waals surface area (Å²) in [5.74, 6) is -1.31. The van der Waals surface area contributed by atoms with Crippen molar-refractivity contribution in [3.8, 4) is 22.7 Å². The first kappa shape index (κ1) is 22.2. The summed E-state index contributed by atoms with van der Waals surface area (Å²) < 4.78 is 6.51. The quantitative estimate of drug-likeness (QED) is 0.337. The number of nitro groups is 1. The summed E-state index contributed by atoms with van der Waals surface area (Å²) in [5, 5.41) is 15.8. The molecule has 0 atom stereocenters. The molecule has 10 heteroatoms. The van der Waals surface area contributed by atoms with Gasteiger partial charge in [0.05, 0.1) is 23.3 Å². The lowest BCUT2D eigenvalue weighted by molar-refractivity contribution is -0.385. The monoisotopic (exact) mass is 457 g/mol. The third kappa shape index (κ3) is 4.60. The van der Waals surface area contributed by atoms with Crippen LogP contribution >= 0.6 is 0 Å². The summed E-state index contributed by atoms with van der Waals surface area (Å²) in [4.78, 5) is 36.1. The van der Waals surface area contributed by atoms with Crippen LogP contribution in [0.2, 0.25) is 0 Å². The van der Waals surface area contributed by atoms with Crippen LogP contribution in [-0.2, 0) is 0 Å². The molecule has 0 fully saturated rings. The number of benzene rings is 3. The Labute approximate surface area is 193 Å². The Kier molecular flexibility index (Phi) is 6.31. The van der Waals surface area contributed by atoms with Crippen LogP contribution in [0.25, 0.3) is 16.9 Å². The first-order chi connectivity index (χ1) is 16.5. The van der Waals surface area contributed by atoms with Crippen molar-refractivity contribution in [2.45, 2.75) is 0 Å². The smallest absolute Gasteiger partial charge is 0.311 e. The number of methoxy groups -OCH3 is 1. The highest BCUT2D eigenvalue weighted by molar-refractivity contribution is 6.02. The predicted molar refractivity (Wildman–Crippen MR) is 124 cm³/mol. The van der Waals surface area contributed by atoms with Crippen LogP contribution in [0.3, 0.4) is 0 Å². The summed E-state index contributed by atoms with van der Waals surface area (Å²) in [7, 11) is 1.29. The van der Waals surface area contributed by atoms with Crippen LogP contribution < -0.4 is 15.6 Å². The topological polar surface area (TPSA) is 128 Å². The number of carbonyl (C=O) groups excluding carboxylic acids is 2. The van der Waals surface area contributed by atoms with E-state index in [0.29, 0.717) is 5.69 Å². The Morgan fingerprint density at radius 2 is 1.59 bits per heavy atom. The van der Waals surface area contributed by atoms with Crippen LogP contribution in [0.1, 0.15) is 20.7 Å². The van der Waals surface area contributed by atoms with Crippen molar-refractivity contribution in [1.82, 2.24) is 20.6 Å². The summed E-state index contributed by atoms with van der Waals surface area (Å²) in [6.45, 7) is 0. The molecule has 0 unspecified atom stereocenters. The fraction of sp³-hybridized carbons (Fsp3) is 0.0417. The van der Waals surface area contributed by atoms with E-state index in [-0.39, 0.29) is 22.6 Å². The molecule has 34 heavy (non-hydrogen) atoms. The zero-order valence-electron chi connectivity index (χ0n) is 18.0. The molecule has 170 valence electrons. The number of hydrogen-bond acceptors (Lipinski definition) is 6. The summed E-state index contributed by atoms with van der Waals surface area (Å²) >= 11 is 0. The van der Waals surface area contributed by atoms with Gasteiger partial charge in [-0.15, -0.1) is 0 Å². The first-order valence-electron chi connectivity index (χ1n) is 10.1. The molecule has 1 aromatic heterocycles. The van der Waals surface area contributed by atoms with Gasteiger partial charge in [0, 0.05) is 23.4 Å². The van der Waals surface area contributed by atoms with Gasteiger partial charge < -0.3 is 4.74 Å². The standard InChI is InChI=1S/C24H19N5O5/c1-34-21-13-12-17(14-20(21)29(32)33)23(30)25-26-24(31)19-15-28(18-10-6-3-7-11-18)27-22(19)16-8-4-2-5-9-16/h2-15H,1H3,(H,25,30)(H,26,31). The van der Waals surface area contributed by atoms with Crippen molar-refractivity contribution in [2.75, 3.05) is 7.11 Å². The maximum Gasteiger partial charge on any atom is 0.311 e. The van der Waals surface area contributed by atoms with Crippen molar-refractivity contribution < 1.29 is 19.2 Å². The molecule has 0 aliphatic heterocycles. The minimum atomic E-state index is -0.726. The van der Waals surface area contributed by atoms with E-state index in [1.165, 1.54) is 19.2 Å². The number of nitrogens with zero attached hydrogens (tertiary/aromatic N) is 3. The highest BCUT2D eigenvalue weighted by Crippen LogP contribution is 2.27. The van der Waals surface area contributed by atoms with Gasteiger partial charge >= 0.3 is 5.69 Å². The molecule has 0 spiro atoms. The maximum absolute atomic E-state index is 13.0. The van der Waals surface area contributed by atoms with E-state index in [4.69, 9.17) is 4.74 Å². The Bertz CT molecular complexity index is 1350. The number of rotatable bonds is 6. The van der Waals surface area contributed by atoms with Crippen molar-refractivity contribution in [1.29, 1.82) is 0 Å². The van der Waals surface area contributed by atoms with Crippen molar-refractivity contribution in [2.24, 2.45) is 0 Å². The van der Waals surface area contributed by atoms with Gasteiger partial charge in [-0.3, -0.25) is 30.6 Å². The Hall–Kier alpha value is -4.99. The number of hydrogen-bond donors (Lipinski definition) is 2. The molecule has 2 N–H and O–H groups in total. The van der Waals surface area contributed by atoms with Crippen LogP contribution in [-0.4, -0.2) is 33.6 Å². The zero-order chi connectivity index (χ0) is 24.1. The second-order valence-corrected chi connectivity index (χ2v) is 7.09. The molecule has 0 aliphatic carbocycles. The molecule has 0 saturated carbocycles. The van der Waals surface area contributed by atoms with Gasteiger partial charge in [0.2, 0.25) is 0 Å².